The van der Waals surface area contributed by atoms with Crippen LogP contribution in [0.15, 0.2) is 47.9 Å². The number of halogens is 3. The van der Waals surface area contributed by atoms with Gasteiger partial charge in [-0.1, -0.05) is 18.2 Å². The maximum Gasteiger partial charge on any atom is 0.162 e. The van der Waals surface area contributed by atoms with Crippen molar-refractivity contribution >= 4 is 27.3 Å². The van der Waals surface area contributed by atoms with Gasteiger partial charge in [-0.15, -0.1) is 11.3 Å². The molecular weight excluding hydrogens is 448 g/mol. The van der Waals surface area contributed by atoms with Crippen molar-refractivity contribution < 1.29 is 13.3 Å². The molecule has 0 aliphatic rings. The lowest BCUT2D eigenvalue weighted by Crippen LogP contribution is -2.43. The average Bonchev–Trinajstić information content (AvgIpc) is 2.63. The number of rotatable bonds is 8. The first-order chi connectivity index (χ1) is 13.2. The zero-order valence-electron chi connectivity index (χ0n) is 16.1. The minimum absolute atomic E-state index is 0.197. The van der Waals surface area contributed by atoms with Crippen LogP contribution in [0.2, 0.25) is 0 Å². The van der Waals surface area contributed by atoms with Crippen LogP contribution in [0.3, 0.4) is 0 Å². The second-order valence-electron chi connectivity index (χ2n) is 7.32. The molecule has 4 nitrogen and oxygen atoms in total. The van der Waals surface area contributed by atoms with Gasteiger partial charge in [-0.2, -0.15) is 0 Å². The van der Waals surface area contributed by atoms with E-state index in [1.54, 1.807) is 12.1 Å². The van der Waals surface area contributed by atoms with Crippen molar-refractivity contribution in [1.29, 1.82) is 0 Å². The highest BCUT2D eigenvalue weighted by Crippen LogP contribution is 2.39. The Hall–Kier alpha value is -1.35. The molecule has 8 heteroatoms. The van der Waals surface area contributed by atoms with Crippen molar-refractivity contribution in [2.45, 2.75) is 50.3 Å². The van der Waals surface area contributed by atoms with E-state index in [-0.39, 0.29) is 5.56 Å². The molecule has 0 aliphatic carbocycles. The molecule has 0 aliphatic heterocycles. The van der Waals surface area contributed by atoms with Crippen molar-refractivity contribution in [2.24, 2.45) is 0 Å². The third-order valence-electron chi connectivity index (χ3n) is 4.23. The van der Waals surface area contributed by atoms with Gasteiger partial charge in [-0.3, -0.25) is 4.98 Å². The highest BCUT2D eigenvalue weighted by molar-refractivity contribution is 9.10. The molecule has 0 spiro atoms. The standard InChI is InChI=1S/C20H24BrF2N3OS/c1-5-6-8-14(13-9-7-10-15(22)16(13)23)17(26-28(27)20(2,3)4)18-19(21)25-12-11-24-18/h5,7,9-12,14,17,26H,1,6,8H2,2-4H3/t14-,17-,28?/m0/s1. The molecule has 28 heavy (non-hydrogen) atoms. The minimum atomic E-state index is -1.47. The molecule has 2 aromatic rings. The zero-order chi connectivity index (χ0) is 20.9. The van der Waals surface area contributed by atoms with Gasteiger partial charge >= 0.3 is 0 Å². The molecule has 0 saturated carbocycles. The third-order valence-corrected chi connectivity index (χ3v) is 6.42. The molecule has 1 unspecified atom stereocenters. The van der Waals surface area contributed by atoms with Crippen molar-refractivity contribution in [3.8, 4) is 0 Å². The average molecular weight is 472 g/mol. The summed E-state index contributed by atoms with van der Waals surface area (Å²) in [6.45, 7) is 9.23. The fraction of sp³-hybridized carbons (Fsp3) is 0.400. The van der Waals surface area contributed by atoms with Crippen LogP contribution >= 0.6 is 15.9 Å². The number of hydrogen-bond acceptors (Lipinski definition) is 4. The Morgan fingerprint density at radius 3 is 2.57 bits per heavy atom. The van der Waals surface area contributed by atoms with Crippen LogP contribution < -0.4 is 4.72 Å². The van der Waals surface area contributed by atoms with E-state index in [0.717, 1.165) is 6.07 Å². The number of benzene rings is 1. The van der Waals surface area contributed by atoms with E-state index in [4.69, 9.17) is 0 Å². The van der Waals surface area contributed by atoms with Gasteiger partial charge in [0.1, 0.15) is 15.4 Å². The number of nitrogens with zero attached hydrogens (tertiary/aromatic N) is 2. The quantitative estimate of drug-likeness (QED) is 0.415. The molecule has 152 valence electrons. The Balaban J connectivity index is 2.59. The number of allylic oxidation sites excluding steroid dienone is 1. The van der Waals surface area contributed by atoms with E-state index >= 15 is 0 Å². The van der Waals surface area contributed by atoms with Gasteiger partial charge in [-0.05, 0) is 61.2 Å². The van der Waals surface area contributed by atoms with Gasteiger partial charge < -0.3 is 4.55 Å². The predicted octanol–water partition coefficient (Wildman–Crippen LogP) is 5.36. The Labute approximate surface area is 176 Å². The van der Waals surface area contributed by atoms with Gasteiger partial charge in [0.15, 0.2) is 11.6 Å². The first kappa shape index (κ1) is 22.9. The summed E-state index contributed by atoms with van der Waals surface area (Å²) in [6, 6.07) is 3.44. The molecule has 3 atom stereocenters. The molecule has 0 fully saturated rings. The lowest BCUT2D eigenvalue weighted by Gasteiger charge is -2.32. The predicted molar refractivity (Wildman–Crippen MR) is 112 cm³/mol. The summed E-state index contributed by atoms with van der Waals surface area (Å²) in [5.41, 5.74) is 0.681. The van der Waals surface area contributed by atoms with Crippen LogP contribution in [0.1, 0.15) is 56.8 Å². The molecule has 0 radical (unpaired) electrons. The first-order valence-electron chi connectivity index (χ1n) is 8.86. The van der Waals surface area contributed by atoms with Gasteiger partial charge in [0, 0.05) is 29.7 Å². The largest absolute Gasteiger partial charge is 0.598 e. The second kappa shape index (κ2) is 9.91. The first-order valence-corrected chi connectivity index (χ1v) is 10.8. The Morgan fingerprint density at radius 2 is 1.96 bits per heavy atom. The van der Waals surface area contributed by atoms with Crippen LogP contribution in [0.4, 0.5) is 8.78 Å². The lowest BCUT2D eigenvalue weighted by atomic mass is 9.86. The van der Waals surface area contributed by atoms with Gasteiger partial charge in [-0.25, -0.2) is 13.8 Å². The van der Waals surface area contributed by atoms with Crippen molar-refractivity contribution in [3.05, 3.63) is 70.7 Å². The van der Waals surface area contributed by atoms with E-state index < -0.39 is 39.7 Å². The Bertz CT molecular complexity index is 816. The van der Waals surface area contributed by atoms with Crippen LogP contribution in [0, 0.1) is 11.6 Å². The summed E-state index contributed by atoms with van der Waals surface area (Å²) < 4.78 is 44.5. The van der Waals surface area contributed by atoms with Crippen molar-refractivity contribution in [2.75, 3.05) is 0 Å². The number of aromatic nitrogens is 2. The van der Waals surface area contributed by atoms with Crippen LogP contribution in [-0.4, -0.2) is 19.3 Å². The summed E-state index contributed by atoms with van der Waals surface area (Å²) in [7, 11) is 0. The summed E-state index contributed by atoms with van der Waals surface area (Å²) in [5, 5.41) is 0. The van der Waals surface area contributed by atoms with Crippen molar-refractivity contribution in [1.82, 2.24) is 14.7 Å². The molecular formula is C20H24BrF2N3OS. The lowest BCUT2D eigenvalue weighted by molar-refractivity contribution is 0.425. The molecule has 0 saturated heterocycles. The molecule has 1 aromatic heterocycles. The highest BCUT2D eigenvalue weighted by atomic mass is 79.9. The number of hydrogen-bond donors (Lipinski definition) is 1. The fourth-order valence-electron chi connectivity index (χ4n) is 2.77. The van der Waals surface area contributed by atoms with E-state index in [1.165, 1.54) is 18.5 Å². The summed E-state index contributed by atoms with van der Waals surface area (Å²) in [4.78, 5) is 8.57. The van der Waals surface area contributed by atoms with Gasteiger partial charge in [0.05, 0.1) is 5.69 Å². The smallest absolute Gasteiger partial charge is 0.162 e. The zero-order valence-corrected chi connectivity index (χ0v) is 18.5. The molecule has 1 heterocycles. The Kier molecular flexibility index (Phi) is 8.12. The number of nitrogens with one attached hydrogen (secondary N) is 1. The molecule has 1 N–H and O–H groups in total. The van der Waals surface area contributed by atoms with Gasteiger partial charge in [0.25, 0.3) is 0 Å². The fourth-order valence-corrected chi connectivity index (χ4v) is 4.09. The SMILES string of the molecule is C=CCC[C@@H](c1cccc(F)c1F)[C@H](N[S+]([O-])C(C)(C)C)c1nccnc1Br. The normalized spacial score (nSPS) is 15.1. The van der Waals surface area contributed by atoms with E-state index in [9.17, 15) is 13.3 Å². The molecule has 2 rings (SSSR count). The van der Waals surface area contributed by atoms with Crippen LogP contribution in [-0.2, 0) is 11.4 Å². The van der Waals surface area contributed by atoms with Gasteiger partial charge in [0.2, 0.25) is 0 Å². The molecule has 0 bridgehead atoms. The molecule has 1 aromatic carbocycles. The van der Waals surface area contributed by atoms with Crippen molar-refractivity contribution in [3.63, 3.8) is 0 Å². The summed E-state index contributed by atoms with van der Waals surface area (Å²) in [6.07, 6.45) is 5.78. The molecule has 0 amide bonds. The van der Waals surface area contributed by atoms with E-state index in [0.29, 0.717) is 23.1 Å². The van der Waals surface area contributed by atoms with E-state index in [2.05, 4.69) is 37.2 Å². The third kappa shape index (κ3) is 5.59. The van der Waals surface area contributed by atoms with Crippen LogP contribution in [0.25, 0.3) is 0 Å². The summed E-state index contributed by atoms with van der Waals surface area (Å²) >= 11 is 1.91. The second-order valence-corrected chi connectivity index (χ2v) is 10.1. The monoisotopic (exact) mass is 471 g/mol. The van der Waals surface area contributed by atoms with Crippen LogP contribution in [0.5, 0.6) is 0 Å². The maximum absolute atomic E-state index is 14.7. The Morgan fingerprint density at radius 1 is 1.29 bits per heavy atom. The maximum atomic E-state index is 14.7. The highest BCUT2D eigenvalue weighted by Gasteiger charge is 2.37. The summed E-state index contributed by atoms with van der Waals surface area (Å²) in [5.74, 6) is -2.37. The minimum Gasteiger partial charge on any atom is -0.598 e. The van der Waals surface area contributed by atoms with E-state index in [1.807, 2.05) is 20.8 Å². The topological polar surface area (TPSA) is 60.9 Å².